The number of fused-ring (bicyclic) bond motifs is 1. The zero-order valence-corrected chi connectivity index (χ0v) is 16.5. The van der Waals surface area contributed by atoms with Crippen LogP contribution in [0.2, 0.25) is 5.02 Å². The minimum atomic E-state index is -0.270. The number of aromatic nitrogens is 2. The number of amides is 1. The number of carbonyl (C=O) groups is 1. The van der Waals surface area contributed by atoms with Gasteiger partial charge in [-0.25, -0.2) is 9.97 Å². The second-order valence-corrected chi connectivity index (χ2v) is 6.75. The third-order valence-electron chi connectivity index (χ3n) is 4.39. The topological polar surface area (TPSA) is 64.1 Å². The summed E-state index contributed by atoms with van der Waals surface area (Å²) in [5.41, 5.74) is 2.74. The molecule has 0 saturated heterocycles. The van der Waals surface area contributed by atoms with Gasteiger partial charge in [-0.3, -0.25) is 4.79 Å². The van der Waals surface area contributed by atoms with Gasteiger partial charge in [0.1, 0.15) is 11.6 Å². The first kappa shape index (κ1) is 18.9. The second kappa shape index (κ2) is 8.29. The molecule has 0 aliphatic heterocycles. The lowest BCUT2D eigenvalue weighted by Gasteiger charge is -2.13. The molecule has 1 N–H and O–H groups in total. The Morgan fingerprint density at radius 3 is 2.66 bits per heavy atom. The average Bonchev–Trinajstić information content (AvgIpc) is 2.75. The first-order valence-electron chi connectivity index (χ1n) is 9.20. The van der Waals surface area contributed by atoms with Crippen LogP contribution >= 0.6 is 11.6 Å². The Labute approximate surface area is 173 Å². The number of nitrogens with zero attached hydrogens (tertiary/aromatic N) is 2. The molecule has 5 nitrogen and oxygen atoms in total. The molecule has 0 atom stereocenters. The highest BCUT2D eigenvalue weighted by Gasteiger charge is 2.16. The number of carbonyl (C=O) groups excluding carboxylic acids is 1. The van der Waals surface area contributed by atoms with Crippen LogP contribution in [-0.4, -0.2) is 22.5 Å². The van der Waals surface area contributed by atoms with Gasteiger partial charge in [-0.1, -0.05) is 41.9 Å². The van der Waals surface area contributed by atoms with E-state index in [4.69, 9.17) is 21.3 Å². The first-order valence-corrected chi connectivity index (χ1v) is 9.58. The average molecular weight is 404 g/mol. The van der Waals surface area contributed by atoms with Gasteiger partial charge < -0.3 is 10.1 Å². The molecule has 6 heteroatoms. The molecule has 2 heterocycles. The summed E-state index contributed by atoms with van der Waals surface area (Å²) >= 11 is 5.88. The van der Waals surface area contributed by atoms with Crippen molar-refractivity contribution in [1.29, 1.82) is 0 Å². The van der Waals surface area contributed by atoms with E-state index in [1.54, 1.807) is 18.2 Å². The number of pyridine rings is 2. The van der Waals surface area contributed by atoms with Crippen LogP contribution in [0.15, 0.2) is 72.9 Å². The Morgan fingerprint density at radius 1 is 1.07 bits per heavy atom. The standard InChI is InChI=1S/C23H18ClN3O2/c1-2-29-21-10-6-4-8-17(21)20-13-18(16-7-3-5-9-19(16)26-20)23(28)27-22-12-11-15(24)14-25-22/h3-14H,2H2,1H3,(H,25,27,28). The number of benzene rings is 2. The number of hydrogen-bond acceptors (Lipinski definition) is 4. The molecule has 0 fully saturated rings. The molecule has 2 aromatic heterocycles. The van der Waals surface area contributed by atoms with Crippen molar-refractivity contribution in [2.75, 3.05) is 11.9 Å². The number of anilines is 1. The lowest BCUT2D eigenvalue weighted by molar-refractivity contribution is 0.102. The summed E-state index contributed by atoms with van der Waals surface area (Å²) < 4.78 is 5.75. The van der Waals surface area contributed by atoms with Gasteiger partial charge in [0, 0.05) is 17.1 Å². The molecule has 0 bridgehead atoms. The molecule has 0 saturated carbocycles. The molecule has 0 radical (unpaired) electrons. The molecule has 29 heavy (non-hydrogen) atoms. The minimum absolute atomic E-state index is 0.270. The van der Waals surface area contributed by atoms with Crippen LogP contribution in [0.5, 0.6) is 5.75 Å². The number of halogens is 1. The highest BCUT2D eigenvalue weighted by atomic mass is 35.5. The maximum atomic E-state index is 13.1. The van der Waals surface area contributed by atoms with Gasteiger partial charge in [0.05, 0.1) is 28.4 Å². The summed E-state index contributed by atoms with van der Waals surface area (Å²) in [6, 6.07) is 20.3. The summed E-state index contributed by atoms with van der Waals surface area (Å²) in [5, 5.41) is 4.10. The predicted octanol–water partition coefficient (Wildman–Crippen LogP) is 5.60. The monoisotopic (exact) mass is 403 g/mol. The molecule has 144 valence electrons. The van der Waals surface area contributed by atoms with E-state index in [1.807, 2.05) is 55.5 Å². The number of nitrogens with one attached hydrogen (secondary N) is 1. The van der Waals surface area contributed by atoms with Gasteiger partial charge >= 0.3 is 0 Å². The fourth-order valence-electron chi connectivity index (χ4n) is 3.09. The van der Waals surface area contributed by atoms with E-state index < -0.39 is 0 Å². The zero-order valence-electron chi connectivity index (χ0n) is 15.7. The molecule has 1 amide bonds. The van der Waals surface area contributed by atoms with E-state index in [-0.39, 0.29) is 5.91 Å². The minimum Gasteiger partial charge on any atom is -0.493 e. The number of rotatable bonds is 5. The summed E-state index contributed by atoms with van der Waals surface area (Å²) in [6.45, 7) is 2.47. The summed E-state index contributed by atoms with van der Waals surface area (Å²) in [5.74, 6) is 0.883. The van der Waals surface area contributed by atoms with E-state index in [0.717, 1.165) is 22.2 Å². The zero-order chi connectivity index (χ0) is 20.2. The maximum Gasteiger partial charge on any atom is 0.257 e. The normalized spacial score (nSPS) is 10.7. The summed E-state index contributed by atoms with van der Waals surface area (Å²) in [4.78, 5) is 22.0. The van der Waals surface area contributed by atoms with Gasteiger partial charge in [-0.05, 0) is 43.3 Å². The Kier molecular flexibility index (Phi) is 5.40. The van der Waals surface area contributed by atoms with Gasteiger partial charge in [0.25, 0.3) is 5.91 Å². The molecule has 0 aliphatic rings. The number of hydrogen-bond donors (Lipinski definition) is 1. The largest absolute Gasteiger partial charge is 0.493 e. The SMILES string of the molecule is CCOc1ccccc1-c1cc(C(=O)Nc2ccc(Cl)cn2)c2ccccc2n1. The van der Waals surface area contributed by atoms with Crippen molar-refractivity contribution >= 4 is 34.2 Å². The van der Waals surface area contributed by atoms with Crippen LogP contribution in [0, 0.1) is 0 Å². The summed E-state index contributed by atoms with van der Waals surface area (Å²) in [6.07, 6.45) is 1.49. The van der Waals surface area contributed by atoms with Crippen molar-refractivity contribution in [3.63, 3.8) is 0 Å². The third kappa shape index (κ3) is 4.05. The van der Waals surface area contributed by atoms with Crippen LogP contribution in [-0.2, 0) is 0 Å². The van der Waals surface area contributed by atoms with E-state index in [9.17, 15) is 4.79 Å². The van der Waals surface area contributed by atoms with Gasteiger partial charge in [-0.15, -0.1) is 0 Å². The molecule has 4 aromatic rings. The van der Waals surface area contributed by atoms with E-state index in [2.05, 4.69) is 10.3 Å². The molecule has 4 rings (SSSR count). The summed E-state index contributed by atoms with van der Waals surface area (Å²) in [7, 11) is 0. The van der Waals surface area contributed by atoms with Crippen molar-refractivity contribution in [3.8, 4) is 17.0 Å². The van der Waals surface area contributed by atoms with Crippen LogP contribution in [0.3, 0.4) is 0 Å². The number of para-hydroxylation sites is 2. The highest BCUT2D eigenvalue weighted by molar-refractivity contribution is 6.30. The van der Waals surface area contributed by atoms with E-state index in [1.165, 1.54) is 6.20 Å². The van der Waals surface area contributed by atoms with Gasteiger partial charge in [0.2, 0.25) is 0 Å². The molecular formula is C23H18ClN3O2. The highest BCUT2D eigenvalue weighted by Crippen LogP contribution is 2.31. The molecule has 0 aliphatic carbocycles. The Balaban J connectivity index is 1.81. The fourth-order valence-corrected chi connectivity index (χ4v) is 3.21. The van der Waals surface area contributed by atoms with Crippen molar-refractivity contribution in [1.82, 2.24) is 9.97 Å². The lowest BCUT2D eigenvalue weighted by atomic mass is 10.0. The third-order valence-corrected chi connectivity index (χ3v) is 4.62. The van der Waals surface area contributed by atoms with Crippen molar-refractivity contribution in [3.05, 3.63) is 83.5 Å². The lowest BCUT2D eigenvalue weighted by Crippen LogP contribution is -2.14. The van der Waals surface area contributed by atoms with Crippen molar-refractivity contribution in [2.24, 2.45) is 0 Å². The van der Waals surface area contributed by atoms with E-state index in [0.29, 0.717) is 28.7 Å². The quantitative estimate of drug-likeness (QED) is 0.471. The second-order valence-electron chi connectivity index (χ2n) is 6.32. The van der Waals surface area contributed by atoms with Crippen molar-refractivity contribution < 1.29 is 9.53 Å². The smallest absolute Gasteiger partial charge is 0.257 e. The van der Waals surface area contributed by atoms with Crippen LogP contribution in [0.4, 0.5) is 5.82 Å². The van der Waals surface area contributed by atoms with Crippen LogP contribution in [0.1, 0.15) is 17.3 Å². The number of ether oxygens (including phenoxy) is 1. The van der Waals surface area contributed by atoms with Crippen molar-refractivity contribution in [2.45, 2.75) is 6.92 Å². The first-order chi connectivity index (χ1) is 14.2. The Morgan fingerprint density at radius 2 is 1.86 bits per heavy atom. The Bertz CT molecular complexity index is 1180. The molecule has 0 unspecified atom stereocenters. The van der Waals surface area contributed by atoms with Crippen LogP contribution < -0.4 is 10.1 Å². The fraction of sp³-hybridized carbons (Fsp3) is 0.0870. The van der Waals surface area contributed by atoms with E-state index >= 15 is 0 Å². The van der Waals surface area contributed by atoms with Gasteiger partial charge in [-0.2, -0.15) is 0 Å². The molecule has 0 spiro atoms. The van der Waals surface area contributed by atoms with Gasteiger partial charge in [0.15, 0.2) is 0 Å². The van der Waals surface area contributed by atoms with Crippen LogP contribution in [0.25, 0.3) is 22.2 Å². The Hall–Kier alpha value is -3.44. The molecular weight excluding hydrogens is 386 g/mol. The molecule has 2 aromatic carbocycles. The predicted molar refractivity (Wildman–Crippen MR) is 116 cm³/mol. The maximum absolute atomic E-state index is 13.1.